The van der Waals surface area contributed by atoms with Crippen molar-refractivity contribution in [2.45, 2.75) is 110 Å². The lowest BCUT2D eigenvalue weighted by Gasteiger charge is -2.26. The van der Waals surface area contributed by atoms with Gasteiger partial charge in [-0.1, -0.05) is 84.6 Å². The molecule has 0 aromatic heterocycles. The van der Waals surface area contributed by atoms with Crippen LogP contribution in [0.4, 0.5) is 4.79 Å². The van der Waals surface area contributed by atoms with Gasteiger partial charge in [0.25, 0.3) is 0 Å². The summed E-state index contributed by atoms with van der Waals surface area (Å²) in [5.74, 6) is -1.51. The molecule has 1 aliphatic heterocycles. The number of rotatable bonds is 15. The third-order valence-electron chi connectivity index (χ3n) is 6.57. The van der Waals surface area contributed by atoms with E-state index in [1.807, 2.05) is 13.8 Å². The molecule has 0 aliphatic carbocycles. The Morgan fingerprint density at radius 2 is 1.64 bits per heavy atom. The Balaban J connectivity index is 2.52. The lowest BCUT2D eigenvalue weighted by Crippen LogP contribution is -2.58. The van der Waals surface area contributed by atoms with E-state index in [2.05, 4.69) is 33.5 Å². The van der Waals surface area contributed by atoms with Crippen molar-refractivity contribution in [3.05, 3.63) is 12.2 Å². The van der Waals surface area contributed by atoms with Crippen molar-refractivity contribution in [3.63, 3.8) is 0 Å². The van der Waals surface area contributed by atoms with E-state index in [0.29, 0.717) is 6.54 Å². The highest BCUT2D eigenvalue weighted by molar-refractivity contribution is 7.85. The topological polar surface area (TPSA) is 146 Å². The van der Waals surface area contributed by atoms with Crippen LogP contribution in [0.1, 0.15) is 91.9 Å². The Morgan fingerprint density at radius 1 is 1.03 bits per heavy atom. The number of hydrogen-bond donors (Lipinski definition) is 5. The van der Waals surface area contributed by atoms with Gasteiger partial charge in [-0.3, -0.25) is 18.6 Å². The highest BCUT2D eigenvalue weighted by Gasteiger charge is 2.30. The molecule has 1 rings (SSSR count). The Hall–Kier alpha value is -2.43. The predicted octanol–water partition coefficient (Wildman–Crippen LogP) is 2.66. The van der Waals surface area contributed by atoms with E-state index in [-0.39, 0.29) is 29.9 Å². The molecular formula is C28H51N5O5S. The molecule has 4 atom stereocenters. The largest absolute Gasteiger partial charge is 0.352 e. The summed E-state index contributed by atoms with van der Waals surface area (Å²) in [5, 5.41) is 13.6. The van der Waals surface area contributed by atoms with Gasteiger partial charge in [0.05, 0.1) is 5.75 Å². The molecule has 0 fully saturated rings. The van der Waals surface area contributed by atoms with Crippen molar-refractivity contribution < 1.29 is 23.4 Å². The smallest absolute Gasteiger partial charge is 0.315 e. The number of unbranched alkanes of at least 4 members (excludes halogenated alkanes) is 9. The molecule has 1 heterocycles. The number of carbonyl (C=O) groups is 4. The highest BCUT2D eigenvalue weighted by Crippen LogP contribution is 2.10. The van der Waals surface area contributed by atoms with Crippen LogP contribution in [0, 0.1) is 5.92 Å². The van der Waals surface area contributed by atoms with Gasteiger partial charge in [0.1, 0.15) is 12.1 Å². The minimum atomic E-state index is -1.45. The second-order valence-corrected chi connectivity index (χ2v) is 12.2. The standard InChI is InChI=1S/C28H51N5O5S/c1-5-6-7-8-9-10-11-12-13-14-17-30-28(37)33-25(21(2)3)27(36)32-23-20-39(38)19-18-29-24(34)16-15-22(4)31-26(23)35/h15-16,21-23,25H,5-14,17-20H2,1-4H3,(H,29,34)(H,31,35)(H,32,36)(H2,30,33,37)/b16-15+/t22-,23-,25-,39?/m0/s1. The van der Waals surface area contributed by atoms with E-state index in [9.17, 15) is 23.4 Å². The third-order valence-corrected chi connectivity index (χ3v) is 7.94. The van der Waals surface area contributed by atoms with Crippen molar-refractivity contribution in [2.75, 3.05) is 24.6 Å². The maximum Gasteiger partial charge on any atom is 0.315 e. The van der Waals surface area contributed by atoms with E-state index in [1.165, 1.54) is 51.0 Å². The summed E-state index contributed by atoms with van der Waals surface area (Å²) in [5.41, 5.74) is 0. The van der Waals surface area contributed by atoms with Gasteiger partial charge in [0.15, 0.2) is 0 Å². The van der Waals surface area contributed by atoms with Crippen molar-refractivity contribution >= 4 is 34.6 Å². The Labute approximate surface area is 237 Å². The van der Waals surface area contributed by atoms with Gasteiger partial charge >= 0.3 is 6.03 Å². The lowest BCUT2D eigenvalue weighted by atomic mass is 10.0. The summed E-state index contributed by atoms with van der Waals surface area (Å²) in [6, 6.07) is -2.80. The quantitative estimate of drug-likeness (QED) is 0.193. The van der Waals surface area contributed by atoms with Gasteiger partial charge in [-0.15, -0.1) is 0 Å². The molecule has 0 bridgehead atoms. The molecular weight excluding hydrogens is 518 g/mol. The zero-order chi connectivity index (χ0) is 29.0. The third kappa shape index (κ3) is 16.3. The second-order valence-electron chi connectivity index (χ2n) is 10.6. The van der Waals surface area contributed by atoms with Gasteiger partial charge in [-0.25, -0.2) is 4.79 Å². The normalized spacial score (nSPS) is 22.0. The van der Waals surface area contributed by atoms with Gasteiger partial charge in [0.2, 0.25) is 17.7 Å². The molecule has 0 aromatic rings. The summed E-state index contributed by atoms with van der Waals surface area (Å²) in [6.07, 6.45) is 15.0. The van der Waals surface area contributed by atoms with E-state index in [1.54, 1.807) is 13.0 Å². The van der Waals surface area contributed by atoms with E-state index >= 15 is 0 Å². The van der Waals surface area contributed by atoms with Crippen LogP contribution in [0.15, 0.2) is 12.2 Å². The Bertz CT molecular complexity index is 820. The fourth-order valence-corrected chi connectivity index (χ4v) is 5.31. The van der Waals surface area contributed by atoms with Crippen LogP contribution >= 0.6 is 0 Å². The maximum absolute atomic E-state index is 13.1. The molecule has 0 aromatic carbocycles. The lowest BCUT2D eigenvalue weighted by molar-refractivity contribution is -0.130. The van der Waals surface area contributed by atoms with Gasteiger partial charge in [0, 0.05) is 41.8 Å². The number of hydrogen-bond acceptors (Lipinski definition) is 5. The van der Waals surface area contributed by atoms with Gasteiger partial charge in [-0.2, -0.15) is 0 Å². The Kier molecular flexibility index (Phi) is 18.2. The first-order valence-corrected chi connectivity index (χ1v) is 16.1. The molecule has 5 N–H and O–H groups in total. The molecule has 1 aliphatic rings. The summed E-state index contributed by atoms with van der Waals surface area (Å²) < 4.78 is 12.5. The SMILES string of the molecule is CCCCCCCCCCCCNC(=O)N[C@H](C(=O)N[C@H]1CS(=O)CCNC(=O)/C=C/[C@H](C)NC1=O)C(C)C. The minimum absolute atomic E-state index is 0.0976. The first kappa shape index (κ1) is 34.6. The average Bonchev–Trinajstić information content (AvgIpc) is 2.88. The van der Waals surface area contributed by atoms with Crippen LogP contribution in [0.3, 0.4) is 0 Å². The van der Waals surface area contributed by atoms with E-state index in [4.69, 9.17) is 0 Å². The first-order chi connectivity index (χ1) is 18.6. The van der Waals surface area contributed by atoms with E-state index < -0.39 is 46.8 Å². The van der Waals surface area contributed by atoms with E-state index in [0.717, 1.165) is 19.3 Å². The van der Waals surface area contributed by atoms with Crippen LogP contribution in [0.2, 0.25) is 0 Å². The summed E-state index contributed by atoms with van der Waals surface area (Å²) in [6.45, 7) is 8.26. The molecule has 0 saturated carbocycles. The second kappa shape index (κ2) is 20.5. The first-order valence-electron chi connectivity index (χ1n) is 14.6. The minimum Gasteiger partial charge on any atom is -0.352 e. The van der Waals surface area contributed by atoms with Gasteiger partial charge < -0.3 is 26.6 Å². The fourth-order valence-electron chi connectivity index (χ4n) is 4.21. The van der Waals surface area contributed by atoms with Crippen LogP contribution in [0.5, 0.6) is 0 Å². The molecule has 11 heteroatoms. The summed E-state index contributed by atoms with van der Waals surface area (Å²) in [7, 11) is -1.45. The molecule has 224 valence electrons. The average molecular weight is 570 g/mol. The maximum atomic E-state index is 13.1. The van der Waals surface area contributed by atoms with Crippen LogP contribution in [-0.4, -0.2) is 70.7 Å². The molecule has 5 amide bonds. The number of carbonyl (C=O) groups excluding carboxylic acids is 4. The van der Waals surface area contributed by atoms with Crippen LogP contribution in [-0.2, 0) is 25.2 Å². The zero-order valence-corrected chi connectivity index (χ0v) is 25.1. The monoisotopic (exact) mass is 569 g/mol. The highest BCUT2D eigenvalue weighted by atomic mass is 32.2. The molecule has 0 radical (unpaired) electrons. The molecule has 10 nitrogen and oxygen atoms in total. The molecule has 0 spiro atoms. The number of urea groups is 1. The fraction of sp³-hybridized carbons (Fsp3) is 0.786. The van der Waals surface area contributed by atoms with Crippen LogP contribution < -0.4 is 26.6 Å². The van der Waals surface area contributed by atoms with Crippen molar-refractivity contribution in [2.24, 2.45) is 5.92 Å². The van der Waals surface area contributed by atoms with Crippen molar-refractivity contribution in [1.82, 2.24) is 26.6 Å². The summed E-state index contributed by atoms with van der Waals surface area (Å²) in [4.78, 5) is 50.2. The predicted molar refractivity (Wildman–Crippen MR) is 157 cm³/mol. The molecule has 1 unspecified atom stereocenters. The number of nitrogens with one attached hydrogen (secondary N) is 5. The van der Waals surface area contributed by atoms with Crippen LogP contribution in [0.25, 0.3) is 0 Å². The zero-order valence-electron chi connectivity index (χ0n) is 24.3. The number of amides is 5. The van der Waals surface area contributed by atoms with Gasteiger partial charge in [-0.05, 0) is 19.3 Å². The van der Waals surface area contributed by atoms with Crippen molar-refractivity contribution in [1.29, 1.82) is 0 Å². The van der Waals surface area contributed by atoms with Crippen molar-refractivity contribution in [3.8, 4) is 0 Å². The molecule has 0 saturated heterocycles. The Morgan fingerprint density at radius 3 is 2.26 bits per heavy atom. The summed E-state index contributed by atoms with van der Waals surface area (Å²) >= 11 is 0. The molecule has 39 heavy (non-hydrogen) atoms.